The van der Waals surface area contributed by atoms with Crippen LogP contribution in [0.15, 0.2) is 36.8 Å². The summed E-state index contributed by atoms with van der Waals surface area (Å²) in [5, 5.41) is 7.88. The molecule has 2 unspecified atom stereocenters. The van der Waals surface area contributed by atoms with Crippen molar-refractivity contribution in [3.8, 4) is 0 Å². The van der Waals surface area contributed by atoms with Crippen molar-refractivity contribution in [2.45, 2.75) is 45.5 Å². The molecule has 10 nitrogen and oxygen atoms in total. The number of ether oxygens (including phenoxy) is 1. The number of nitrogens with zero attached hydrogens (tertiary/aromatic N) is 6. The summed E-state index contributed by atoms with van der Waals surface area (Å²) < 4.78 is 38.2. The maximum atomic E-state index is 15.2. The lowest BCUT2D eigenvalue weighted by Crippen LogP contribution is -2.45. The van der Waals surface area contributed by atoms with Crippen molar-refractivity contribution in [1.29, 1.82) is 0 Å². The number of carbonyl (C=O) groups excluding carboxylic acids is 2. The molecule has 1 fully saturated rings. The first-order chi connectivity index (χ1) is 18.3. The van der Waals surface area contributed by atoms with Crippen molar-refractivity contribution in [3.05, 3.63) is 53.9 Å². The van der Waals surface area contributed by atoms with E-state index in [-0.39, 0.29) is 30.0 Å². The molecule has 0 bridgehead atoms. The molecule has 0 saturated carbocycles. The molecule has 4 heterocycles. The number of alkyl halides is 1. The van der Waals surface area contributed by atoms with E-state index in [9.17, 15) is 14.0 Å². The second kappa shape index (κ2) is 9.51. The molecule has 2 atom stereocenters. The van der Waals surface area contributed by atoms with Crippen LogP contribution in [0.5, 0.6) is 0 Å². The quantitative estimate of drug-likeness (QED) is 0.415. The molecule has 1 saturated heterocycles. The van der Waals surface area contributed by atoms with Gasteiger partial charge < -0.3 is 24.3 Å². The van der Waals surface area contributed by atoms with E-state index in [4.69, 9.17) is 4.74 Å². The first kappa shape index (κ1) is 26.4. The van der Waals surface area contributed by atoms with Crippen LogP contribution in [-0.2, 0) is 11.8 Å². The highest BCUT2D eigenvalue weighted by Crippen LogP contribution is 2.33. The fourth-order valence-corrected chi connectivity index (χ4v) is 4.89. The van der Waals surface area contributed by atoms with Crippen molar-refractivity contribution in [1.82, 2.24) is 24.1 Å². The summed E-state index contributed by atoms with van der Waals surface area (Å²) in [6, 6.07) is 3.88. The zero-order valence-electron chi connectivity index (χ0n) is 22.7. The van der Waals surface area contributed by atoms with Crippen LogP contribution in [0.1, 0.15) is 36.8 Å². The van der Waals surface area contributed by atoms with Crippen LogP contribution >= 0.6 is 0 Å². The maximum Gasteiger partial charge on any atom is 0.410 e. The summed E-state index contributed by atoms with van der Waals surface area (Å²) in [6.07, 6.45) is 3.14. The number of aryl methyl sites for hydroxylation is 2. The van der Waals surface area contributed by atoms with E-state index in [1.54, 1.807) is 70.1 Å². The summed E-state index contributed by atoms with van der Waals surface area (Å²) in [5.74, 6) is -1.02. The van der Waals surface area contributed by atoms with Crippen molar-refractivity contribution >= 4 is 39.9 Å². The summed E-state index contributed by atoms with van der Waals surface area (Å²) in [4.78, 5) is 33.1. The Bertz CT molecular complexity index is 1590. The highest BCUT2D eigenvalue weighted by atomic mass is 19.1. The maximum absolute atomic E-state index is 15.2. The van der Waals surface area contributed by atoms with Crippen LogP contribution in [0.2, 0.25) is 0 Å². The standard InChI is InChI=1S/C27H31F2N7O3/c1-15-10-36-11-16(9-19(28)24(36)30-15)31-25(37)17-7-8-21(18-12-33(5)32-23(17)18)35-13-20(29)22(14-35)34(6)26(38)39-27(2,3)4/h7-12,20,22H,13-14H2,1-6H3,(H,31,37). The Hall–Kier alpha value is -4.22. The topological polar surface area (TPSA) is 97.0 Å². The summed E-state index contributed by atoms with van der Waals surface area (Å²) >= 11 is 0. The molecule has 2 amide bonds. The molecule has 1 aliphatic heterocycles. The number of nitrogens with one attached hydrogen (secondary N) is 1. The molecule has 5 rings (SSSR count). The molecule has 0 radical (unpaired) electrons. The lowest BCUT2D eigenvalue weighted by molar-refractivity contribution is 0.0183. The van der Waals surface area contributed by atoms with Gasteiger partial charge in [-0.2, -0.15) is 5.10 Å². The monoisotopic (exact) mass is 539 g/mol. The predicted octanol–water partition coefficient (Wildman–Crippen LogP) is 4.31. The minimum Gasteiger partial charge on any atom is -0.444 e. The number of imidazole rings is 1. The average molecular weight is 540 g/mol. The molecule has 39 heavy (non-hydrogen) atoms. The van der Waals surface area contributed by atoms with Gasteiger partial charge in [-0.15, -0.1) is 0 Å². The Kier molecular flexibility index (Phi) is 6.44. The number of pyridine rings is 1. The number of likely N-dealkylation sites (N-methyl/N-ethyl adjacent to an activating group) is 1. The van der Waals surface area contributed by atoms with Crippen LogP contribution in [0, 0.1) is 12.7 Å². The van der Waals surface area contributed by atoms with Crippen LogP contribution in [-0.4, -0.2) is 74.0 Å². The van der Waals surface area contributed by atoms with Gasteiger partial charge in [0.15, 0.2) is 11.5 Å². The Balaban J connectivity index is 1.40. The number of fused-ring (bicyclic) bond motifs is 2. The summed E-state index contributed by atoms with van der Waals surface area (Å²) in [6.45, 7) is 7.35. The molecule has 0 aliphatic carbocycles. The summed E-state index contributed by atoms with van der Waals surface area (Å²) in [5.41, 5.74) is 1.81. The molecule has 1 aromatic carbocycles. The fourth-order valence-electron chi connectivity index (χ4n) is 4.89. The number of rotatable bonds is 4. The van der Waals surface area contributed by atoms with E-state index >= 15 is 4.39 Å². The first-order valence-electron chi connectivity index (χ1n) is 12.6. The van der Waals surface area contributed by atoms with Gasteiger partial charge in [-0.25, -0.2) is 18.6 Å². The minimum atomic E-state index is -1.30. The van der Waals surface area contributed by atoms with Crippen molar-refractivity contribution in [2.75, 3.05) is 30.4 Å². The van der Waals surface area contributed by atoms with Crippen molar-refractivity contribution < 1.29 is 23.1 Å². The lowest BCUT2D eigenvalue weighted by Gasteiger charge is -2.29. The zero-order valence-corrected chi connectivity index (χ0v) is 22.7. The Labute approximate surface area is 224 Å². The normalized spacial score (nSPS) is 17.7. The van der Waals surface area contributed by atoms with Gasteiger partial charge >= 0.3 is 6.09 Å². The number of hydrogen-bond acceptors (Lipinski definition) is 6. The molecule has 0 spiro atoms. The number of hydrogen-bond donors (Lipinski definition) is 1. The second-order valence-corrected chi connectivity index (χ2v) is 10.9. The van der Waals surface area contributed by atoms with Gasteiger partial charge in [0, 0.05) is 56.4 Å². The third kappa shape index (κ3) is 5.10. The van der Waals surface area contributed by atoms with E-state index in [2.05, 4.69) is 15.4 Å². The molecule has 1 N–H and O–H groups in total. The highest BCUT2D eigenvalue weighted by Gasteiger charge is 2.39. The number of aromatic nitrogens is 4. The molecule has 1 aliphatic rings. The van der Waals surface area contributed by atoms with Gasteiger partial charge in [0.2, 0.25) is 0 Å². The largest absolute Gasteiger partial charge is 0.444 e. The average Bonchev–Trinajstić information content (AvgIpc) is 3.52. The molecular formula is C27H31F2N7O3. The van der Waals surface area contributed by atoms with Crippen molar-refractivity contribution in [2.24, 2.45) is 7.05 Å². The van der Waals surface area contributed by atoms with Crippen LogP contribution in [0.3, 0.4) is 0 Å². The number of carbonyl (C=O) groups is 2. The van der Waals surface area contributed by atoms with Crippen LogP contribution in [0.4, 0.5) is 25.0 Å². The lowest BCUT2D eigenvalue weighted by atomic mass is 10.1. The van der Waals surface area contributed by atoms with Gasteiger partial charge in [0.25, 0.3) is 5.91 Å². The smallest absolute Gasteiger partial charge is 0.410 e. The first-order valence-corrected chi connectivity index (χ1v) is 12.6. The predicted molar refractivity (Wildman–Crippen MR) is 143 cm³/mol. The number of benzene rings is 1. The van der Waals surface area contributed by atoms with Gasteiger partial charge in [-0.3, -0.25) is 9.48 Å². The molecule has 3 aromatic heterocycles. The highest BCUT2D eigenvalue weighted by molar-refractivity contribution is 6.14. The van der Waals surface area contributed by atoms with E-state index in [1.165, 1.54) is 22.4 Å². The third-order valence-electron chi connectivity index (χ3n) is 6.64. The third-order valence-corrected chi connectivity index (χ3v) is 6.64. The van der Waals surface area contributed by atoms with Crippen molar-refractivity contribution in [3.63, 3.8) is 0 Å². The Morgan fingerprint density at radius 3 is 2.64 bits per heavy atom. The zero-order chi connectivity index (χ0) is 28.2. The number of halogens is 2. The molecule has 4 aromatic rings. The van der Waals surface area contributed by atoms with Gasteiger partial charge in [0.05, 0.1) is 29.5 Å². The van der Waals surface area contributed by atoms with E-state index in [0.717, 1.165) is 0 Å². The van der Waals surface area contributed by atoms with Gasteiger partial charge in [-0.1, -0.05) is 0 Å². The van der Waals surface area contributed by atoms with Gasteiger partial charge in [-0.05, 0) is 39.8 Å². The van der Waals surface area contributed by atoms with Crippen LogP contribution < -0.4 is 10.2 Å². The number of amides is 2. The molecule has 206 valence electrons. The van der Waals surface area contributed by atoms with E-state index in [1.807, 2.05) is 4.90 Å². The molecular weight excluding hydrogens is 508 g/mol. The Morgan fingerprint density at radius 1 is 1.18 bits per heavy atom. The Morgan fingerprint density at radius 2 is 1.92 bits per heavy atom. The van der Waals surface area contributed by atoms with Gasteiger partial charge in [0.1, 0.15) is 17.3 Å². The van der Waals surface area contributed by atoms with Crippen LogP contribution in [0.25, 0.3) is 16.6 Å². The minimum absolute atomic E-state index is 0.0664. The summed E-state index contributed by atoms with van der Waals surface area (Å²) in [7, 11) is 3.27. The van der Waals surface area contributed by atoms with E-state index in [0.29, 0.717) is 22.3 Å². The SMILES string of the molecule is Cc1cn2cc(NC(=O)c3ccc(N4CC(F)C(N(C)C(=O)OC(C)(C)C)C4)c4cn(C)nc34)cc(F)c2n1. The molecule has 12 heteroatoms. The number of anilines is 2. The fraction of sp³-hybridized carbons (Fsp3) is 0.407. The second-order valence-electron chi connectivity index (χ2n) is 10.9. The van der Waals surface area contributed by atoms with E-state index < -0.39 is 35.6 Å².